The molecule has 0 amide bonds. The van der Waals surface area contributed by atoms with Crippen LogP contribution in [-0.2, 0) is 4.84 Å². The highest BCUT2D eigenvalue weighted by atomic mass is 16.6. The maximum Gasteiger partial charge on any atom is 0.0730 e. The molecule has 0 aliphatic carbocycles. The lowest BCUT2D eigenvalue weighted by Gasteiger charge is -2.14. The van der Waals surface area contributed by atoms with Crippen molar-refractivity contribution in [1.29, 1.82) is 0 Å². The van der Waals surface area contributed by atoms with Gasteiger partial charge in [0.1, 0.15) is 0 Å². The summed E-state index contributed by atoms with van der Waals surface area (Å²) in [6.07, 6.45) is 0. The van der Waals surface area contributed by atoms with Crippen LogP contribution in [0.1, 0.15) is 13.8 Å². The van der Waals surface area contributed by atoms with Crippen molar-refractivity contribution in [3.05, 3.63) is 6.92 Å². The van der Waals surface area contributed by atoms with Crippen LogP contribution in [-0.4, -0.2) is 6.61 Å². The van der Waals surface area contributed by atoms with Crippen molar-refractivity contribution in [3.8, 4) is 0 Å². The van der Waals surface area contributed by atoms with Gasteiger partial charge >= 0.3 is 0 Å². The molecule has 2 heteroatoms. The maximum atomic E-state index is 4.77. The summed E-state index contributed by atoms with van der Waals surface area (Å²) in [4.78, 5) is 4.34. The Morgan fingerprint density at radius 2 is 2.14 bits per heavy atom. The van der Waals surface area contributed by atoms with E-state index in [0.29, 0.717) is 6.61 Å². The van der Waals surface area contributed by atoms with Gasteiger partial charge < -0.3 is 4.84 Å². The first-order valence-corrected chi connectivity index (χ1v) is 2.23. The predicted molar refractivity (Wildman–Crippen MR) is 29.3 cm³/mol. The minimum absolute atomic E-state index is 0.0469. The van der Waals surface area contributed by atoms with Gasteiger partial charge in [0.05, 0.1) is 6.61 Å². The minimum atomic E-state index is -0.0469. The van der Waals surface area contributed by atoms with Crippen LogP contribution in [0.2, 0.25) is 0 Å². The van der Waals surface area contributed by atoms with Crippen molar-refractivity contribution in [2.45, 2.75) is 13.8 Å². The summed E-state index contributed by atoms with van der Waals surface area (Å²) < 4.78 is 0. The zero-order valence-electron chi connectivity index (χ0n) is 4.90. The molecular weight excluding hydrogens is 90.1 g/mol. The molecule has 0 atom stereocenters. The number of hydrogen-bond acceptors (Lipinski definition) is 2. The van der Waals surface area contributed by atoms with Gasteiger partial charge in [-0.15, -0.1) is 0 Å². The van der Waals surface area contributed by atoms with Crippen molar-refractivity contribution in [2.75, 3.05) is 6.61 Å². The van der Waals surface area contributed by atoms with Gasteiger partial charge in [0.25, 0.3) is 0 Å². The van der Waals surface area contributed by atoms with Crippen LogP contribution < -0.4 is 5.90 Å². The maximum absolute atomic E-state index is 4.77. The van der Waals surface area contributed by atoms with Crippen LogP contribution >= 0.6 is 0 Å². The summed E-state index contributed by atoms with van der Waals surface area (Å²) in [5, 5.41) is 0. The Morgan fingerprint density at radius 1 is 1.71 bits per heavy atom. The number of rotatable bonds is 2. The Morgan fingerprint density at radius 3 is 2.14 bits per heavy atom. The highest BCUT2D eigenvalue weighted by molar-refractivity contribution is 4.68. The Bertz CT molecular complexity index is 46.5. The van der Waals surface area contributed by atoms with E-state index < -0.39 is 0 Å². The lowest BCUT2D eigenvalue weighted by molar-refractivity contribution is 0.0837. The molecule has 0 heterocycles. The first-order chi connectivity index (χ1) is 3.06. The second-order valence-electron chi connectivity index (χ2n) is 2.48. The van der Waals surface area contributed by atoms with Crippen molar-refractivity contribution in [2.24, 2.45) is 11.3 Å². The van der Waals surface area contributed by atoms with Gasteiger partial charge in [-0.05, 0) is 12.3 Å². The largest absolute Gasteiger partial charge is 0.304 e. The molecule has 1 radical (unpaired) electrons. The zero-order valence-corrected chi connectivity index (χ0v) is 4.90. The molecule has 0 bridgehead atoms. The average molecular weight is 102 g/mol. The molecular formula is C5H12NO. The molecule has 43 valence electrons. The molecule has 0 rings (SSSR count). The Labute approximate surface area is 44.6 Å². The van der Waals surface area contributed by atoms with E-state index in [1.807, 2.05) is 13.8 Å². The van der Waals surface area contributed by atoms with Crippen molar-refractivity contribution < 1.29 is 4.84 Å². The highest BCUT2D eigenvalue weighted by Gasteiger charge is 2.08. The smallest absolute Gasteiger partial charge is 0.0730 e. The molecule has 0 aliphatic rings. The molecule has 0 aliphatic heterocycles. The van der Waals surface area contributed by atoms with Gasteiger partial charge in [0, 0.05) is 0 Å². The molecule has 0 aromatic rings. The van der Waals surface area contributed by atoms with E-state index in [0.717, 1.165) is 0 Å². The molecule has 0 saturated carbocycles. The van der Waals surface area contributed by atoms with Crippen LogP contribution in [0.15, 0.2) is 0 Å². The summed E-state index contributed by atoms with van der Waals surface area (Å²) in [7, 11) is 0. The van der Waals surface area contributed by atoms with Crippen molar-refractivity contribution in [1.82, 2.24) is 0 Å². The quantitative estimate of drug-likeness (QED) is 0.522. The Kier molecular flexibility index (Phi) is 2.26. The SMILES string of the molecule is [CH2]C(C)(C)CON. The standard InChI is InChI=1S/C5H12NO/c1-5(2,3)4-7-6/h1,4,6H2,2-3H3. The monoisotopic (exact) mass is 102 g/mol. The summed E-state index contributed by atoms with van der Waals surface area (Å²) in [6.45, 7) is 8.18. The first kappa shape index (κ1) is 6.92. The van der Waals surface area contributed by atoms with Gasteiger partial charge in [-0.1, -0.05) is 13.8 Å². The lowest BCUT2D eigenvalue weighted by atomic mass is 9.99. The average Bonchev–Trinajstić information content (AvgIpc) is 1.30. The molecule has 0 unspecified atom stereocenters. The van der Waals surface area contributed by atoms with Crippen LogP contribution in [0.5, 0.6) is 0 Å². The molecule has 0 saturated heterocycles. The number of nitrogens with two attached hydrogens (primary N) is 1. The third-order valence-corrected chi connectivity index (χ3v) is 0.474. The van der Waals surface area contributed by atoms with E-state index in [1.165, 1.54) is 0 Å². The van der Waals surface area contributed by atoms with Crippen molar-refractivity contribution >= 4 is 0 Å². The second-order valence-corrected chi connectivity index (χ2v) is 2.48. The van der Waals surface area contributed by atoms with Gasteiger partial charge in [0.15, 0.2) is 0 Å². The minimum Gasteiger partial charge on any atom is -0.304 e. The van der Waals surface area contributed by atoms with Gasteiger partial charge in [-0.25, -0.2) is 5.90 Å². The second kappa shape index (κ2) is 2.28. The van der Waals surface area contributed by atoms with E-state index in [1.54, 1.807) is 0 Å². The van der Waals surface area contributed by atoms with Gasteiger partial charge in [0.2, 0.25) is 0 Å². The molecule has 7 heavy (non-hydrogen) atoms. The third kappa shape index (κ3) is 5.92. The van der Waals surface area contributed by atoms with Gasteiger partial charge in [-0.3, -0.25) is 0 Å². The van der Waals surface area contributed by atoms with Crippen LogP contribution in [0, 0.1) is 12.3 Å². The number of hydrogen-bond donors (Lipinski definition) is 1. The molecule has 2 nitrogen and oxygen atoms in total. The fourth-order valence-electron chi connectivity index (χ4n) is 0.226. The highest BCUT2D eigenvalue weighted by Crippen LogP contribution is 2.10. The fourth-order valence-corrected chi connectivity index (χ4v) is 0.226. The summed E-state index contributed by atoms with van der Waals surface area (Å²) in [5.41, 5.74) is -0.0469. The lowest BCUT2D eigenvalue weighted by Crippen LogP contribution is -2.17. The molecule has 2 N–H and O–H groups in total. The predicted octanol–water partition coefficient (Wildman–Crippen LogP) is 0.737. The summed E-state index contributed by atoms with van der Waals surface area (Å²) >= 11 is 0. The van der Waals surface area contributed by atoms with E-state index >= 15 is 0 Å². The van der Waals surface area contributed by atoms with Crippen molar-refractivity contribution in [3.63, 3.8) is 0 Å². The summed E-state index contributed by atoms with van der Waals surface area (Å²) in [6, 6.07) is 0. The Balaban J connectivity index is 3.15. The Hall–Kier alpha value is -0.0800. The topological polar surface area (TPSA) is 35.2 Å². The van der Waals surface area contributed by atoms with Crippen LogP contribution in [0.25, 0.3) is 0 Å². The fraction of sp³-hybridized carbons (Fsp3) is 0.800. The molecule has 0 aromatic carbocycles. The zero-order chi connectivity index (χ0) is 5.91. The van der Waals surface area contributed by atoms with E-state index in [-0.39, 0.29) is 5.41 Å². The van der Waals surface area contributed by atoms with E-state index in [2.05, 4.69) is 11.8 Å². The molecule has 0 fully saturated rings. The van der Waals surface area contributed by atoms with Crippen LogP contribution in [0.3, 0.4) is 0 Å². The first-order valence-electron chi connectivity index (χ1n) is 2.23. The van der Waals surface area contributed by atoms with E-state index in [4.69, 9.17) is 5.90 Å². The summed E-state index contributed by atoms with van der Waals surface area (Å²) in [5.74, 6) is 4.77. The van der Waals surface area contributed by atoms with E-state index in [9.17, 15) is 0 Å². The van der Waals surface area contributed by atoms with Gasteiger partial charge in [-0.2, -0.15) is 0 Å². The molecule has 0 aromatic heterocycles. The molecule has 0 spiro atoms. The normalized spacial score (nSPS) is 12.0. The third-order valence-electron chi connectivity index (χ3n) is 0.474. The van der Waals surface area contributed by atoms with Crippen LogP contribution in [0.4, 0.5) is 0 Å².